The first-order valence-electron chi connectivity index (χ1n) is 7.89. The van der Waals surface area contributed by atoms with Crippen molar-refractivity contribution in [3.63, 3.8) is 0 Å². The van der Waals surface area contributed by atoms with Gasteiger partial charge in [0.15, 0.2) is 0 Å². The number of hydrogen-bond donors (Lipinski definition) is 0. The van der Waals surface area contributed by atoms with Gasteiger partial charge in [-0.25, -0.2) is 9.97 Å². The minimum Gasteiger partial charge on any atom is -0.458 e. The van der Waals surface area contributed by atoms with Gasteiger partial charge < -0.3 is 9.64 Å². The highest BCUT2D eigenvalue weighted by Gasteiger charge is 2.32. The molecule has 1 amide bonds. The molecular weight excluding hydrogens is 266 g/mol. The van der Waals surface area contributed by atoms with Gasteiger partial charge >= 0.3 is 6.01 Å². The standard InChI is InChI=1S/C16H23N3O2/c1-11-9-12(2)18-16(17-11)21-14-7-4-8-19(10-14)15(20)13-5-3-6-13/h9,13-14H,3-8,10H2,1-2H3. The van der Waals surface area contributed by atoms with Gasteiger partial charge in [-0.3, -0.25) is 4.79 Å². The Morgan fingerprint density at radius 1 is 1.19 bits per heavy atom. The summed E-state index contributed by atoms with van der Waals surface area (Å²) >= 11 is 0. The maximum Gasteiger partial charge on any atom is 0.317 e. The van der Waals surface area contributed by atoms with Crippen LogP contribution in [-0.4, -0.2) is 40.0 Å². The van der Waals surface area contributed by atoms with Gasteiger partial charge in [0, 0.05) is 23.9 Å². The van der Waals surface area contributed by atoms with Crippen molar-refractivity contribution in [1.29, 1.82) is 0 Å². The number of likely N-dealkylation sites (tertiary alicyclic amines) is 1. The van der Waals surface area contributed by atoms with Gasteiger partial charge in [-0.2, -0.15) is 0 Å². The molecule has 1 aliphatic carbocycles. The number of carbonyl (C=O) groups is 1. The fourth-order valence-electron chi connectivity index (χ4n) is 3.04. The van der Waals surface area contributed by atoms with Crippen molar-refractivity contribution in [3.05, 3.63) is 17.5 Å². The van der Waals surface area contributed by atoms with Gasteiger partial charge in [0.25, 0.3) is 0 Å². The summed E-state index contributed by atoms with van der Waals surface area (Å²) in [4.78, 5) is 22.9. The molecule has 2 heterocycles. The maximum atomic E-state index is 12.3. The number of rotatable bonds is 3. The summed E-state index contributed by atoms with van der Waals surface area (Å²) in [6, 6.07) is 2.37. The number of piperidine rings is 1. The highest BCUT2D eigenvalue weighted by atomic mass is 16.5. The Hall–Kier alpha value is -1.65. The zero-order chi connectivity index (χ0) is 14.8. The van der Waals surface area contributed by atoms with Gasteiger partial charge in [0.1, 0.15) is 6.10 Å². The van der Waals surface area contributed by atoms with Gasteiger partial charge in [-0.1, -0.05) is 6.42 Å². The largest absolute Gasteiger partial charge is 0.458 e. The van der Waals surface area contributed by atoms with E-state index in [0.29, 0.717) is 18.5 Å². The van der Waals surface area contributed by atoms with Crippen molar-refractivity contribution < 1.29 is 9.53 Å². The van der Waals surface area contributed by atoms with Crippen molar-refractivity contribution in [3.8, 4) is 6.01 Å². The summed E-state index contributed by atoms with van der Waals surface area (Å²) in [5.41, 5.74) is 1.83. The molecule has 1 aliphatic heterocycles. The highest BCUT2D eigenvalue weighted by molar-refractivity contribution is 5.79. The molecule has 114 valence electrons. The van der Waals surface area contributed by atoms with Crippen LogP contribution in [0.1, 0.15) is 43.5 Å². The third-order valence-electron chi connectivity index (χ3n) is 4.38. The van der Waals surface area contributed by atoms with Gasteiger partial charge in [0.2, 0.25) is 5.91 Å². The van der Waals surface area contributed by atoms with Crippen LogP contribution in [0, 0.1) is 19.8 Å². The number of aromatic nitrogens is 2. The molecule has 1 aromatic rings. The van der Waals surface area contributed by atoms with Crippen LogP contribution in [0.2, 0.25) is 0 Å². The minimum atomic E-state index is 0.0176. The predicted molar refractivity (Wildman–Crippen MR) is 79.1 cm³/mol. The number of amides is 1. The third-order valence-corrected chi connectivity index (χ3v) is 4.38. The summed E-state index contributed by atoms with van der Waals surface area (Å²) in [5.74, 6) is 0.581. The Labute approximate surface area is 125 Å². The van der Waals surface area contributed by atoms with Gasteiger partial charge in [-0.15, -0.1) is 0 Å². The van der Waals surface area contributed by atoms with Crippen molar-refractivity contribution in [1.82, 2.24) is 14.9 Å². The molecule has 0 radical (unpaired) electrons. The lowest BCUT2D eigenvalue weighted by Gasteiger charge is -2.36. The molecule has 0 spiro atoms. The van der Waals surface area contributed by atoms with Crippen LogP contribution < -0.4 is 4.74 Å². The average molecular weight is 289 g/mol. The van der Waals surface area contributed by atoms with E-state index in [1.165, 1.54) is 6.42 Å². The lowest BCUT2D eigenvalue weighted by Crippen LogP contribution is -2.47. The van der Waals surface area contributed by atoms with Crippen LogP contribution in [0.15, 0.2) is 6.07 Å². The summed E-state index contributed by atoms with van der Waals surface area (Å²) in [7, 11) is 0. The molecule has 21 heavy (non-hydrogen) atoms. The first kappa shape index (κ1) is 14.3. The molecule has 2 fully saturated rings. The smallest absolute Gasteiger partial charge is 0.317 e. The Morgan fingerprint density at radius 2 is 1.90 bits per heavy atom. The second-order valence-corrected chi connectivity index (χ2v) is 6.23. The molecule has 1 saturated carbocycles. The first-order chi connectivity index (χ1) is 10.1. The van der Waals surface area contributed by atoms with E-state index >= 15 is 0 Å². The van der Waals surface area contributed by atoms with Crippen molar-refractivity contribution in [2.24, 2.45) is 5.92 Å². The monoisotopic (exact) mass is 289 g/mol. The molecule has 0 aromatic carbocycles. The molecule has 5 nitrogen and oxygen atoms in total. The molecule has 0 N–H and O–H groups in total. The molecule has 2 aliphatic rings. The highest BCUT2D eigenvalue weighted by Crippen LogP contribution is 2.29. The van der Waals surface area contributed by atoms with Crippen LogP contribution >= 0.6 is 0 Å². The SMILES string of the molecule is Cc1cc(C)nc(OC2CCCN(C(=O)C3CCC3)C2)n1. The number of aryl methyl sites for hydroxylation is 2. The van der Waals surface area contributed by atoms with E-state index in [0.717, 1.165) is 43.6 Å². The number of carbonyl (C=O) groups excluding carboxylic acids is 1. The van der Waals surface area contributed by atoms with E-state index in [2.05, 4.69) is 9.97 Å². The average Bonchev–Trinajstić information content (AvgIpc) is 2.35. The molecule has 1 aromatic heterocycles. The second kappa shape index (κ2) is 6.00. The molecule has 5 heteroatoms. The van der Waals surface area contributed by atoms with E-state index in [-0.39, 0.29) is 12.0 Å². The zero-order valence-electron chi connectivity index (χ0n) is 12.8. The Bertz CT molecular complexity index is 508. The number of ether oxygens (including phenoxy) is 1. The topological polar surface area (TPSA) is 55.3 Å². The normalized spacial score (nSPS) is 22.8. The van der Waals surface area contributed by atoms with Crippen LogP contribution in [0.4, 0.5) is 0 Å². The Morgan fingerprint density at radius 3 is 2.52 bits per heavy atom. The molecule has 1 unspecified atom stereocenters. The van der Waals surface area contributed by atoms with Crippen molar-refractivity contribution in [2.45, 2.75) is 52.1 Å². The lowest BCUT2D eigenvalue weighted by molar-refractivity contribution is -0.140. The van der Waals surface area contributed by atoms with E-state index in [1.54, 1.807) is 0 Å². The third kappa shape index (κ3) is 3.34. The van der Waals surface area contributed by atoms with E-state index < -0.39 is 0 Å². The Balaban J connectivity index is 1.61. The van der Waals surface area contributed by atoms with Crippen molar-refractivity contribution in [2.75, 3.05) is 13.1 Å². The summed E-state index contributed by atoms with van der Waals surface area (Å²) in [6.07, 6.45) is 5.28. The molecule has 3 rings (SSSR count). The fraction of sp³-hybridized carbons (Fsp3) is 0.688. The lowest BCUT2D eigenvalue weighted by atomic mass is 9.84. The quantitative estimate of drug-likeness (QED) is 0.856. The first-order valence-corrected chi connectivity index (χ1v) is 7.89. The van der Waals surface area contributed by atoms with Crippen LogP contribution in [-0.2, 0) is 4.79 Å². The predicted octanol–water partition coefficient (Wildman–Crippen LogP) is 2.26. The Kier molecular flexibility index (Phi) is 4.08. The minimum absolute atomic E-state index is 0.0176. The summed E-state index contributed by atoms with van der Waals surface area (Å²) in [5, 5.41) is 0. The molecule has 1 atom stereocenters. The van der Waals surface area contributed by atoms with Gasteiger partial charge in [0.05, 0.1) is 6.54 Å². The molecule has 0 bridgehead atoms. The van der Waals surface area contributed by atoms with Crippen LogP contribution in [0.25, 0.3) is 0 Å². The van der Waals surface area contributed by atoms with Crippen LogP contribution in [0.3, 0.4) is 0 Å². The fourth-order valence-corrected chi connectivity index (χ4v) is 3.04. The van der Waals surface area contributed by atoms with Gasteiger partial charge in [-0.05, 0) is 45.6 Å². The zero-order valence-corrected chi connectivity index (χ0v) is 12.8. The summed E-state index contributed by atoms with van der Waals surface area (Å²) < 4.78 is 5.91. The number of hydrogen-bond acceptors (Lipinski definition) is 4. The van der Waals surface area contributed by atoms with E-state index in [9.17, 15) is 4.79 Å². The van der Waals surface area contributed by atoms with Crippen LogP contribution in [0.5, 0.6) is 6.01 Å². The van der Waals surface area contributed by atoms with E-state index in [4.69, 9.17) is 4.74 Å². The molecular formula is C16H23N3O2. The summed E-state index contributed by atoms with van der Waals surface area (Å²) in [6.45, 7) is 5.41. The number of nitrogens with zero attached hydrogens (tertiary/aromatic N) is 3. The maximum absolute atomic E-state index is 12.3. The second-order valence-electron chi connectivity index (χ2n) is 6.23. The molecule has 1 saturated heterocycles. The van der Waals surface area contributed by atoms with Crippen molar-refractivity contribution >= 4 is 5.91 Å². The van der Waals surface area contributed by atoms with E-state index in [1.807, 2.05) is 24.8 Å².